The van der Waals surface area contributed by atoms with Crippen LogP contribution >= 0.6 is 11.8 Å². The monoisotopic (exact) mass is 289 g/mol. The van der Waals surface area contributed by atoms with E-state index in [1.165, 1.54) is 5.56 Å². The Morgan fingerprint density at radius 3 is 2.55 bits per heavy atom. The Kier molecular flexibility index (Phi) is 3.36. The molecule has 3 rings (SSSR count). The topological polar surface area (TPSA) is 46.2 Å². The minimum atomic E-state index is -0.567. The molecule has 1 aromatic carbocycles. The number of rotatable bonds is 4. The minimum absolute atomic E-state index is 0.0848. The molecule has 1 N–H and O–H groups in total. The van der Waals surface area contributed by atoms with Crippen LogP contribution < -0.4 is 5.32 Å². The van der Waals surface area contributed by atoms with E-state index in [4.69, 9.17) is 0 Å². The van der Waals surface area contributed by atoms with E-state index in [0.717, 1.165) is 12.2 Å². The maximum Gasteiger partial charge on any atom is 0.244 e. The van der Waals surface area contributed by atoms with Gasteiger partial charge in [0.05, 0.1) is 5.92 Å². The summed E-state index contributed by atoms with van der Waals surface area (Å²) in [5.41, 5.74) is 1.17. The molecule has 0 bridgehead atoms. The summed E-state index contributed by atoms with van der Waals surface area (Å²) in [5, 5.41) is 2.54. The number of thioether (sulfide) groups is 1. The largest absolute Gasteiger partial charge is 0.295 e. The first kappa shape index (κ1) is 13.7. The Hall–Kier alpha value is -1.29. The van der Waals surface area contributed by atoms with Crippen molar-refractivity contribution in [2.75, 3.05) is 5.75 Å². The number of benzene rings is 1. The fourth-order valence-electron chi connectivity index (χ4n) is 3.22. The number of nitrogens with one attached hydrogen (secondary N) is 1. The zero-order valence-corrected chi connectivity index (χ0v) is 12.6. The Morgan fingerprint density at radius 2 is 1.95 bits per heavy atom. The molecule has 3 atom stereocenters. The summed E-state index contributed by atoms with van der Waals surface area (Å²) in [5.74, 6) is 1.25. The van der Waals surface area contributed by atoms with Gasteiger partial charge in [-0.05, 0) is 23.7 Å². The number of carbonyl (C=O) groups is 2. The van der Waals surface area contributed by atoms with Gasteiger partial charge in [0.15, 0.2) is 0 Å². The molecular weight excluding hydrogens is 270 g/mol. The van der Waals surface area contributed by atoms with E-state index in [2.05, 4.69) is 31.3 Å². The number of carbonyl (C=O) groups excluding carboxylic acids is 2. The van der Waals surface area contributed by atoms with Crippen molar-refractivity contribution in [2.24, 2.45) is 11.8 Å². The van der Waals surface area contributed by atoms with Crippen LogP contribution in [0.4, 0.5) is 0 Å². The number of fused-ring (bicyclic) bond motifs is 1. The molecule has 3 nitrogen and oxygen atoms in total. The van der Waals surface area contributed by atoms with Crippen molar-refractivity contribution in [1.29, 1.82) is 0 Å². The van der Waals surface area contributed by atoms with Gasteiger partial charge in [0.25, 0.3) is 0 Å². The number of hydrogen-bond donors (Lipinski definition) is 1. The molecule has 1 aliphatic heterocycles. The van der Waals surface area contributed by atoms with Gasteiger partial charge in [-0.25, -0.2) is 0 Å². The molecule has 0 aromatic heterocycles. The maximum absolute atomic E-state index is 12.4. The minimum Gasteiger partial charge on any atom is -0.295 e. The molecule has 2 amide bonds. The molecule has 1 aromatic rings. The first-order valence-corrected chi connectivity index (χ1v) is 8.08. The van der Waals surface area contributed by atoms with Crippen LogP contribution in [0.1, 0.15) is 31.7 Å². The highest BCUT2D eigenvalue weighted by molar-refractivity contribution is 8.01. The van der Waals surface area contributed by atoms with Gasteiger partial charge in [-0.3, -0.25) is 14.9 Å². The van der Waals surface area contributed by atoms with Gasteiger partial charge < -0.3 is 0 Å². The van der Waals surface area contributed by atoms with Crippen molar-refractivity contribution in [3.05, 3.63) is 35.9 Å². The molecule has 1 aliphatic carbocycles. The third-order valence-corrected chi connectivity index (χ3v) is 6.34. The van der Waals surface area contributed by atoms with E-state index in [-0.39, 0.29) is 23.7 Å². The van der Waals surface area contributed by atoms with E-state index in [0.29, 0.717) is 5.92 Å². The molecular formula is C16H19NO2S. The molecule has 106 valence electrons. The Labute approximate surface area is 123 Å². The summed E-state index contributed by atoms with van der Waals surface area (Å²) in [6, 6.07) is 10.1. The zero-order valence-electron chi connectivity index (χ0n) is 11.8. The molecule has 0 unspecified atom stereocenters. The molecule has 1 saturated heterocycles. The van der Waals surface area contributed by atoms with Gasteiger partial charge in [0, 0.05) is 5.92 Å². The second-order valence-electron chi connectivity index (χ2n) is 6.07. The van der Waals surface area contributed by atoms with Crippen molar-refractivity contribution in [3.63, 3.8) is 0 Å². The average molecular weight is 289 g/mol. The van der Waals surface area contributed by atoms with Crippen molar-refractivity contribution < 1.29 is 9.59 Å². The van der Waals surface area contributed by atoms with E-state index in [9.17, 15) is 9.59 Å². The molecule has 0 radical (unpaired) electrons. The fourth-order valence-corrected chi connectivity index (χ4v) is 4.85. The number of imide groups is 1. The average Bonchev–Trinajstić information content (AvgIpc) is 2.55. The highest BCUT2D eigenvalue weighted by Gasteiger charge is 2.67. The lowest BCUT2D eigenvalue weighted by molar-refractivity contribution is -0.125. The van der Waals surface area contributed by atoms with Crippen LogP contribution in [-0.4, -0.2) is 22.3 Å². The van der Waals surface area contributed by atoms with Gasteiger partial charge in [-0.15, -0.1) is 11.8 Å². The predicted molar refractivity (Wildman–Crippen MR) is 80.5 cm³/mol. The standard InChI is InChI=1S/C16H19NO2S/c1-10(2)9-20-16-12(11-6-4-3-5-7-11)8-13(16)14(18)17-15(16)19/h3-7,10,12-13H,8-9H2,1-2H3,(H,17,18,19)/t12-,13-,16+/m1/s1. The summed E-state index contributed by atoms with van der Waals surface area (Å²) in [4.78, 5) is 24.3. The molecule has 20 heavy (non-hydrogen) atoms. The lowest BCUT2D eigenvalue weighted by atomic mass is 9.62. The first-order valence-electron chi connectivity index (χ1n) is 7.10. The Balaban J connectivity index is 1.93. The van der Waals surface area contributed by atoms with E-state index in [1.54, 1.807) is 11.8 Å². The molecule has 4 heteroatoms. The van der Waals surface area contributed by atoms with Crippen molar-refractivity contribution in [3.8, 4) is 0 Å². The lowest BCUT2D eigenvalue weighted by Gasteiger charge is -2.48. The zero-order chi connectivity index (χ0) is 14.3. The van der Waals surface area contributed by atoms with Crippen LogP contribution in [0.15, 0.2) is 30.3 Å². The van der Waals surface area contributed by atoms with Crippen LogP contribution in [0.5, 0.6) is 0 Å². The lowest BCUT2D eigenvalue weighted by Crippen LogP contribution is -2.54. The van der Waals surface area contributed by atoms with Gasteiger partial charge in [-0.1, -0.05) is 44.2 Å². The third kappa shape index (κ3) is 1.89. The van der Waals surface area contributed by atoms with Gasteiger partial charge >= 0.3 is 0 Å². The summed E-state index contributed by atoms with van der Waals surface area (Å²) in [6.07, 6.45) is 0.784. The Bertz CT molecular complexity index is 543. The molecule has 2 aliphatic rings. The summed E-state index contributed by atoms with van der Waals surface area (Å²) < 4.78 is -0.567. The van der Waals surface area contributed by atoms with Crippen LogP contribution in [-0.2, 0) is 9.59 Å². The number of hydrogen-bond acceptors (Lipinski definition) is 3. The van der Waals surface area contributed by atoms with Crippen LogP contribution in [0, 0.1) is 11.8 Å². The van der Waals surface area contributed by atoms with Crippen LogP contribution in [0.25, 0.3) is 0 Å². The molecule has 1 saturated carbocycles. The molecule has 1 heterocycles. The maximum atomic E-state index is 12.4. The fraction of sp³-hybridized carbons (Fsp3) is 0.500. The SMILES string of the molecule is CC(C)CS[C@]12C(=O)NC(=O)[C@H]1C[C@@H]2c1ccccc1. The number of amides is 2. The van der Waals surface area contributed by atoms with Crippen LogP contribution in [0.2, 0.25) is 0 Å². The molecule has 0 spiro atoms. The van der Waals surface area contributed by atoms with E-state index in [1.807, 2.05) is 18.2 Å². The summed E-state index contributed by atoms with van der Waals surface area (Å²) >= 11 is 1.67. The summed E-state index contributed by atoms with van der Waals surface area (Å²) in [7, 11) is 0. The van der Waals surface area contributed by atoms with Gasteiger partial charge in [0.1, 0.15) is 4.75 Å². The quantitative estimate of drug-likeness (QED) is 0.867. The van der Waals surface area contributed by atoms with Gasteiger partial charge in [0.2, 0.25) is 11.8 Å². The molecule has 2 fully saturated rings. The van der Waals surface area contributed by atoms with E-state index >= 15 is 0 Å². The van der Waals surface area contributed by atoms with Gasteiger partial charge in [-0.2, -0.15) is 0 Å². The highest BCUT2D eigenvalue weighted by Crippen LogP contribution is 2.61. The smallest absolute Gasteiger partial charge is 0.244 e. The van der Waals surface area contributed by atoms with Crippen molar-refractivity contribution >= 4 is 23.6 Å². The van der Waals surface area contributed by atoms with Crippen LogP contribution in [0.3, 0.4) is 0 Å². The second kappa shape index (κ2) is 4.92. The normalized spacial score (nSPS) is 31.9. The Morgan fingerprint density at radius 1 is 1.25 bits per heavy atom. The highest BCUT2D eigenvalue weighted by atomic mass is 32.2. The predicted octanol–water partition coefficient (Wildman–Crippen LogP) is 2.57. The second-order valence-corrected chi connectivity index (χ2v) is 7.37. The van der Waals surface area contributed by atoms with Crippen molar-refractivity contribution in [1.82, 2.24) is 5.32 Å². The third-order valence-electron chi connectivity index (χ3n) is 4.27. The van der Waals surface area contributed by atoms with Crippen molar-refractivity contribution in [2.45, 2.75) is 30.9 Å². The van der Waals surface area contributed by atoms with E-state index < -0.39 is 4.75 Å². The summed E-state index contributed by atoms with van der Waals surface area (Å²) in [6.45, 7) is 4.28. The first-order chi connectivity index (χ1) is 9.55.